The average Bonchev–Trinajstić information content (AvgIpc) is 3.09. The minimum absolute atomic E-state index is 0.162. The van der Waals surface area contributed by atoms with E-state index in [1.165, 1.54) is 11.8 Å². The normalized spacial score (nSPS) is 12.4. The van der Waals surface area contributed by atoms with Gasteiger partial charge >= 0.3 is 0 Å². The molecule has 0 spiro atoms. The quantitative estimate of drug-likeness (QED) is 0.781. The Balaban J connectivity index is 1.63. The van der Waals surface area contributed by atoms with Crippen LogP contribution in [0.2, 0.25) is 0 Å². The van der Waals surface area contributed by atoms with Gasteiger partial charge in [0.2, 0.25) is 12.7 Å². The summed E-state index contributed by atoms with van der Waals surface area (Å²) in [4.78, 5) is 10.8. The summed E-state index contributed by atoms with van der Waals surface area (Å²) in [6.07, 6.45) is 0. The van der Waals surface area contributed by atoms with Gasteiger partial charge in [0.25, 0.3) is 0 Å². The molecule has 2 heterocycles. The van der Waals surface area contributed by atoms with E-state index in [1.807, 2.05) is 7.05 Å². The molecule has 1 aromatic heterocycles. The third-order valence-electron chi connectivity index (χ3n) is 2.98. The number of carbonyl (C=O) groups is 1. The SMILES string of the molecule is Cn1c(COc2ccc3c(c2)OCO3)nnc1SCC(N)=O. The van der Waals surface area contributed by atoms with Gasteiger partial charge in [-0.25, -0.2) is 0 Å². The number of nitrogens with zero attached hydrogens (tertiary/aromatic N) is 3. The monoisotopic (exact) mass is 322 g/mol. The smallest absolute Gasteiger partial charge is 0.231 e. The van der Waals surface area contributed by atoms with Crippen molar-refractivity contribution in [3.63, 3.8) is 0 Å². The molecule has 1 aliphatic heterocycles. The first-order valence-corrected chi connectivity index (χ1v) is 7.44. The number of amides is 1. The second-order valence-corrected chi connectivity index (χ2v) is 5.46. The number of fused-ring (bicyclic) bond motifs is 1. The van der Waals surface area contributed by atoms with E-state index in [1.54, 1.807) is 22.8 Å². The molecule has 0 unspecified atom stereocenters. The van der Waals surface area contributed by atoms with Gasteiger partial charge in [-0.3, -0.25) is 4.79 Å². The third-order valence-corrected chi connectivity index (χ3v) is 4.02. The van der Waals surface area contributed by atoms with Crippen LogP contribution in [0.25, 0.3) is 0 Å². The Kier molecular flexibility index (Phi) is 4.05. The molecular weight excluding hydrogens is 308 g/mol. The highest BCUT2D eigenvalue weighted by Crippen LogP contribution is 2.35. The van der Waals surface area contributed by atoms with Crippen molar-refractivity contribution in [2.24, 2.45) is 12.8 Å². The zero-order valence-electron chi connectivity index (χ0n) is 11.8. The van der Waals surface area contributed by atoms with Crippen LogP contribution in [-0.4, -0.2) is 33.2 Å². The molecule has 0 fully saturated rings. The van der Waals surface area contributed by atoms with Crippen LogP contribution in [0.3, 0.4) is 0 Å². The maximum atomic E-state index is 10.8. The zero-order valence-corrected chi connectivity index (χ0v) is 12.6. The molecule has 0 radical (unpaired) electrons. The summed E-state index contributed by atoms with van der Waals surface area (Å²) in [7, 11) is 1.81. The topological polar surface area (TPSA) is 101 Å². The van der Waals surface area contributed by atoms with Crippen molar-refractivity contribution in [2.45, 2.75) is 11.8 Å². The molecule has 1 aliphatic rings. The van der Waals surface area contributed by atoms with E-state index in [-0.39, 0.29) is 19.2 Å². The van der Waals surface area contributed by atoms with E-state index in [4.69, 9.17) is 19.9 Å². The fraction of sp³-hybridized carbons (Fsp3) is 0.308. The van der Waals surface area contributed by atoms with Crippen molar-refractivity contribution < 1.29 is 19.0 Å². The van der Waals surface area contributed by atoms with Crippen molar-refractivity contribution in [3.8, 4) is 17.2 Å². The predicted molar refractivity (Wildman–Crippen MR) is 77.8 cm³/mol. The van der Waals surface area contributed by atoms with Crippen molar-refractivity contribution in [1.82, 2.24) is 14.8 Å². The lowest BCUT2D eigenvalue weighted by Gasteiger charge is -2.07. The molecule has 0 saturated carbocycles. The Hall–Kier alpha value is -2.42. The highest BCUT2D eigenvalue weighted by Gasteiger charge is 2.15. The number of thioether (sulfide) groups is 1. The van der Waals surface area contributed by atoms with Gasteiger partial charge in [-0.15, -0.1) is 10.2 Å². The van der Waals surface area contributed by atoms with Gasteiger partial charge < -0.3 is 24.5 Å². The summed E-state index contributed by atoms with van der Waals surface area (Å²) in [5, 5.41) is 8.66. The van der Waals surface area contributed by atoms with Gasteiger partial charge in [-0.1, -0.05) is 11.8 Å². The van der Waals surface area contributed by atoms with Crippen molar-refractivity contribution in [1.29, 1.82) is 0 Å². The molecule has 0 atom stereocenters. The van der Waals surface area contributed by atoms with Crippen LogP contribution in [0, 0.1) is 0 Å². The first-order valence-electron chi connectivity index (χ1n) is 6.45. The molecule has 1 amide bonds. The number of rotatable bonds is 6. The van der Waals surface area contributed by atoms with E-state index in [0.717, 1.165) is 0 Å². The van der Waals surface area contributed by atoms with E-state index in [0.29, 0.717) is 28.2 Å². The Bertz CT molecular complexity index is 703. The van der Waals surface area contributed by atoms with Gasteiger partial charge in [-0.2, -0.15) is 0 Å². The lowest BCUT2D eigenvalue weighted by atomic mass is 10.3. The Morgan fingerprint density at radius 2 is 2.23 bits per heavy atom. The van der Waals surface area contributed by atoms with E-state index in [9.17, 15) is 4.79 Å². The van der Waals surface area contributed by atoms with E-state index < -0.39 is 5.91 Å². The van der Waals surface area contributed by atoms with Crippen LogP contribution in [0.5, 0.6) is 17.2 Å². The Morgan fingerprint density at radius 1 is 1.41 bits per heavy atom. The Labute approximate surface area is 130 Å². The molecule has 8 nitrogen and oxygen atoms in total. The van der Waals surface area contributed by atoms with E-state index in [2.05, 4.69) is 10.2 Å². The first kappa shape index (κ1) is 14.5. The maximum absolute atomic E-state index is 10.8. The van der Waals surface area contributed by atoms with Crippen LogP contribution in [-0.2, 0) is 18.4 Å². The van der Waals surface area contributed by atoms with Crippen LogP contribution in [0.1, 0.15) is 5.82 Å². The Morgan fingerprint density at radius 3 is 3.05 bits per heavy atom. The molecule has 9 heteroatoms. The number of ether oxygens (including phenoxy) is 3. The zero-order chi connectivity index (χ0) is 15.5. The lowest BCUT2D eigenvalue weighted by Crippen LogP contribution is -2.13. The number of benzene rings is 1. The second kappa shape index (κ2) is 6.14. The standard InChI is InChI=1S/C13H14N4O4S/c1-17-12(15-16-13(17)22-6-11(14)18)5-19-8-2-3-9-10(4-8)21-7-20-9/h2-4H,5-7H2,1H3,(H2,14,18). The minimum Gasteiger partial charge on any atom is -0.485 e. The maximum Gasteiger partial charge on any atom is 0.231 e. The molecular formula is C13H14N4O4S. The van der Waals surface area contributed by atoms with Gasteiger partial charge in [0.15, 0.2) is 22.5 Å². The van der Waals surface area contributed by atoms with Gasteiger partial charge in [0.05, 0.1) is 5.75 Å². The minimum atomic E-state index is -0.397. The molecule has 3 rings (SSSR count). The molecule has 0 aliphatic carbocycles. The summed E-state index contributed by atoms with van der Waals surface area (Å²) in [5.41, 5.74) is 5.11. The molecule has 1 aromatic carbocycles. The summed E-state index contributed by atoms with van der Waals surface area (Å²) in [6.45, 7) is 0.475. The van der Waals surface area contributed by atoms with Gasteiger partial charge in [-0.05, 0) is 12.1 Å². The molecule has 0 bridgehead atoms. The van der Waals surface area contributed by atoms with Crippen LogP contribution in [0.4, 0.5) is 0 Å². The largest absolute Gasteiger partial charge is 0.485 e. The summed E-state index contributed by atoms with van der Waals surface area (Å²) >= 11 is 1.24. The number of nitrogens with two attached hydrogens (primary N) is 1. The van der Waals surface area contributed by atoms with Crippen LogP contribution in [0.15, 0.2) is 23.4 Å². The fourth-order valence-electron chi connectivity index (χ4n) is 1.85. The second-order valence-electron chi connectivity index (χ2n) is 4.52. The summed E-state index contributed by atoms with van der Waals surface area (Å²) in [5.74, 6) is 2.42. The van der Waals surface area contributed by atoms with Crippen molar-refractivity contribution >= 4 is 17.7 Å². The third kappa shape index (κ3) is 3.08. The highest BCUT2D eigenvalue weighted by atomic mass is 32.2. The number of carbonyl (C=O) groups excluding carboxylic acids is 1. The van der Waals surface area contributed by atoms with Gasteiger partial charge in [0.1, 0.15) is 12.4 Å². The summed E-state index contributed by atoms with van der Waals surface area (Å²) in [6, 6.07) is 5.36. The molecule has 2 aromatic rings. The predicted octanol–water partition coefficient (Wildman–Crippen LogP) is 0.700. The fourth-order valence-corrected chi connectivity index (χ4v) is 2.52. The van der Waals surface area contributed by atoms with Crippen LogP contribution < -0.4 is 19.9 Å². The number of primary amides is 1. The number of hydrogen-bond acceptors (Lipinski definition) is 7. The highest BCUT2D eigenvalue weighted by molar-refractivity contribution is 7.99. The number of aromatic nitrogens is 3. The molecule has 116 valence electrons. The van der Waals surface area contributed by atoms with Crippen molar-refractivity contribution in [2.75, 3.05) is 12.5 Å². The molecule has 2 N–H and O–H groups in total. The molecule has 0 saturated heterocycles. The summed E-state index contributed by atoms with van der Waals surface area (Å²) < 4.78 is 18.0. The number of hydrogen-bond donors (Lipinski definition) is 1. The molecule has 22 heavy (non-hydrogen) atoms. The van der Waals surface area contributed by atoms with E-state index >= 15 is 0 Å². The van der Waals surface area contributed by atoms with Gasteiger partial charge in [0, 0.05) is 13.1 Å². The van der Waals surface area contributed by atoms with Crippen molar-refractivity contribution in [3.05, 3.63) is 24.0 Å². The first-order chi connectivity index (χ1) is 10.6. The van der Waals surface area contributed by atoms with Crippen LogP contribution >= 0.6 is 11.8 Å². The lowest BCUT2D eigenvalue weighted by molar-refractivity contribution is -0.115. The average molecular weight is 322 g/mol.